The number of benzene rings is 1. The maximum atomic E-state index is 5.21. The summed E-state index contributed by atoms with van der Waals surface area (Å²) in [5.41, 5.74) is 0.978. The summed E-state index contributed by atoms with van der Waals surface area (Å²) in [6.07, 6.45) is 6.65. The predicted molar refractivity (Wildman–Crippen MR) is 81.5 cm³/mol. The van der Waals surface area contributed by atoms with Gasteiger partial charge in [0.2, 0.25) is 0 Å². The lowest BCUT2D eigenvalue weighted by Crippen LogP contribution is -2.05. The lowest BCUT2D eigenvalue weighted by molar-refractivity contribution is 0.415. The topological polar surface area (TPSA) is 52.0 Å². The molecule has 104 valence electrons. The number of nitrogens with zero attached hydrogens (tertiary/aromatic N) is 3. The Hall–Kier alpha value is -2.08. The number of hydrogen-bond donors (Lipinski definition) is 1. The maximum absolute atomic E-state index is 5.21. The highest BCUT2D eigenvalue weighted by atomic mass is 32.1. The lowest BCUT2D eigenvalue weighted by atomic mass is 10.3. The molecule has 0 amide bonds. The van der Waals surface area contributed by atoms with E-state index in [1.54, 1.807) is 24.6 Å². The first-order valence-corrected chi connectivity index (χ1v) is 7.31. The number of methoxy groups -OCH3 is 1. The minimum atomic E-state index is 0.842. The fourth-order valence-corrected chi connectivity index (χ4v) is 2.86. The molecule has 5 nitrogen and oxygen atoms in total. The molecule has 6 heteroatoms. The van der Waals surface area contributed by atoms with Crippen LogP contribution in [-0.4, -0.2) is 28.2 Å². The van der Waals surface area contributed by atoms with Crippen LogP contribution in [0, 0.1) is 0 Å². The molecule has 0 radical (unpaired) electrons. The van der Waals surface area contributed by atoms with E-state index in [0.29, 0.717) is 0 Å². The van der Waals surface area contributed by atoms with Crippen LogP contribution in [0.2, 0.25) is 0 Å². The smallest absolute Gasteiger partial charge is 0.183 e. The number of imidazole rings is 1. The van der Waals surface area contributed by atoms with Gasteiger partial charge >= 0.3 is 0 Å². The summed E-state index contributed by atoms with van der Waals surface area (Å²) in [4.78, 5) is 8.59. The maximum Gasteiger partial charge on any atom is 0.183 e. The average Bonchev–Trinajstić information content (AvgIpc) is 3.11. The summed E-state index contributed by atoms with van der Waals surface area (Å²) < 4.78 is 8.45. The molecule has 0 fully saturated rings. The van der Waals surface area contributed by atoms with Crippen molar-refractivity contribution in [1.82, 2.24) is 14.5 Å². The largest absolute Gasteiger partial charge is 0.497 e. The SMILES string of the molecule is COc1ccc2sc(NCCCn3ccnc3)nc2c1. The van der Waals surface area contributed by atoms with Gasteiger partial charge in [0.05, 0.1) is 23.7 Å². The number of rotatable bonds is 6. The van der Waals surface area contributed by atoms with Gasteiger partial charge in [-0.3, -0.25) is 0 Å². The minimum absolute atomic E-state index is 0.842. The van der Waals surface area contributed by atoms with Gasteiger partial charge in [-0.25, -0.2) is 9.97 Å². The van der Waals surface area contributed by atoms with E-state index >= 15 is 0 Å². The standard InChI is InChI=1S/C14H16N4OS/c1-19-11-3-4-13-12(9-11)17-14(20-13)16-5-2-7-18-8-6-15-10-18/h3-4,6,8-10H,2,5,7H2,1H3,(H,16,17). The molecule has 3 aromatic rings. The second-order valence-electron chi connectivity index (χ2n) is 4.43. The van der Waals surface area contributed by atoms with Gasteiger partial charge < -0.3 is 14.6 Å². The number of nitrogens with one attached hydrogen (secondary N) is 1. The molecule has 1 aromatic carbocycles. The van der Waals surface area contributed by atoms with Crippen LogP contribution in [0.25, 0.3) is 10.2 Å². The predicted octanol–water partition coefficient (Wildman–Crippen LogP) is 3.00. The van der Waals surface area contributed by atoms with Crippen LogP contribution in [0.15, 0.2) is 36.9 Å². The highest BCUT2D eigenvalue weighted by molar-refractivity contribution is 7.22. The van der Waals surface area contributed by atoms with E-state index in [2.05, 4.69) is 19.9 Å². The zero-order chi connectivity index (χ0) is 13.8. The van der Waals surface area contributed by atoms with E-state index in [0.717, 1.165) is 35.9 Å². The van der Waals surface area contributed by atoms with Crippen LogP contribution in [-0.2, 0) is 6.54 Å². The molecule has 0 aliphatic carbocycles. The third-order valence-electron chi connectivity index (χ3n) is 3.02. The van der Waals surface area contributed by atoms with Gasteiger partial charge in [-0.05, 0) is 18.6 Å². The summed E-state index contributed by atoms with van der Waals surface area (Å²) in [7, 11) is 1.67. The highest BCUT2D eigenvalue weighted by Gasteiger charge is 2.04. The molecule has 0 aliphatic heterocycles. The Labute approximate surface area is 121 Å². The van der Waals surface area contributed by atoms with E-state index in [4.69, 9.17) is 4.74 Å². The molecule has 0 bridgehead atoms. The van der Waals surface area contributed by atoms with Crippen molar-refractivity contribution in [3.8, 4) is 5.75 Å². The summed E-state index contributed by atoms with van der Waals surface area (Å²) in [5, 5.41) is 4.32. The molecule has 0 spiro atoms. The number of ether oxygens (including phenoxy) is 1. The monoisotopic (exact) mass is 288 g/mol. The van der Waals surface area contributed by atoms with Crippen LogP contribution in [0.4, 0.5) is 5.13 Å². The molecule has 2 heterocycles. The summed E-state index contributed by atoms with van der Waals surface area (Å²) in [5.74, 6) is 0.842. The molecule has 20 heavy (non-hydrogen) atoms. The fraction of sp³-hybridized carbons (Fsp3) is 0.286. The molecule has 2 aromatic heterocycles. The molecule has 0 aliphatic rings. The van der Waals surface area contributed by atoms with Crippen molar-refractivity contribution in [2.45, 2.75) is 13.0 Å². The summed E-state index contributed by atoms with van der Waals surface area (Å²) in [6, 6.07) is 5.97. The Kier molecular flexibility index (Phi) is 3.83. The van der Waals surface area contributed by atoms with Crippen molar-refractivity contribution >= 4 is 26.7 Å². The highest BCUT2D eigenvalue weighted by Crippen LogP contribution is 2.28. The van der Waals surface area contributed by atoms with E-state index < -0.39 is 0 Å². The van der Waals surface area contributed by atoms with E-state index in [9.17, 15) is 0 Å². The Morgan fingerprint density at radius 3 is 3.15 bits per heavy atom. The molecular formula is C14H16N4OS. The van der Waals surface area contributed by atoms with Gasteiger partial charge in [0.25, 0.3) is 0 Å². The number of thiazole rings is 1. The number of anilines is 1. The molecule has 1 N–H and O–H groups in total. The van der Waals surface area contributed by atoms with E-state index in [1.807, 2.05) is 30.7 Å². The van der Waals surface area contributed by atoms with Gasteiger partial charge in [-0.15, -0.1) is 0 Å². The van der Waals surface area contributed by atoms with Crippen molar-refractivity contribution in [3.63, 3.8) is 0 Å². The molecular weight excluding hydrogens is 272 g/mol. The molecule has 0 atom stereocenters. The minimum Gasteiger partial charge on any atom is -0.497 e. The zero-order valence-electron chi connectivity index (χ0n) is 11.2. The first-order valence-electron chi connectivity index (χ1n) is 6.49. The van der Waals surface area contributed by atoms with Crippen molar-refractivity contribution < 1.29 is 4.74 Å². The molecule has 0 saturated heterocycles. The Bertz CT molecular complexity index is 678. The summed E-state index contributed by atoms with van der Waals surface area (Å²) >= 11 is 1.67. The van der Waals surface area contributed by atoms with Crippen molar-refractivity contribution in [3.05, 3.63) is 36.9 Å². The zero-order valence-corrected chi connectivity index (χ0v) is 12.1. The third kappa shape index (κ3) is 2.91. The molecule has 0 unspecified atom stereocenters. The van der Waals surface area contributed by atoms with E-state index in [1.165, 1.54) is 4.70 Å². The van der Waals surface area contributed by atoms with Crippen LogP contribution in [0.3, 0.4) is 0 Å². The third-order valence-corrected chi connectivity index (χ3v) is 4.02. The van der Waals surface area contributed by atoms with Gasteiger partial charge in [0.1, 0.15) is 5.75 Å². The summed E-state index contributed by atoms with van der Waals surface area (Å²) in [6.45, 7) is 1.86. The lowest BCUT2D eigenvalue weighted by Gasteiger charge is -2.03. The van der Waals surface area contributed by atoms with Gasteiger partial charge in [-0.1, -0.05) is 11.3 Å². The number of fused-ring (bicyclic) bond motifs is 1. The molecule has 3 rings (SSSR count). The van der Waals surface area contributed by atoms with Crippen molar-refractivity contribution in [1.29, 1.82) is 0 Å². The first-order chi connectivity index (χ1) is 9.85. The molecule has 0 saturated carbocycles. The van der Waals surface area contributed by atoms with Crippen LogP contribution >= 0.6 is 11.3 Å². The number of aryl methyl sites for hydroxylation is 1. The van der Waals surface area contributed by atoms with Crippen LogP contribution in [0.1, 0.15) is 6.42 Å². The van der Waals surface area contributed by atoms with E-state index in [-0.39, 0.29) is 0 Å². The Morgan fingerprint density at radius 1 is 1.40 bits per heavy atom. The van der Waals surface area contributed by atoms with Gasteiger partial charge in [0.15, 0.2) is 5.13 Å². The first kappa shape index (κ1) is 12.9. The second kappa shape index (κ2) is 5.92. The number of hydrogen-bond acceptors (Lipinski definition) is 5. The Morgan fingerprint density at radius 2 is 2.35 bits per heavy atom. The second-order valence-corrected chi connectivity index (χ2v) is 5.46. The van der Waals surface area contributed by atoms with Crippen molar-refractivity contribution in [2.75, 3.05) is 19.0 Å². The fourth-order valence-electron chi connectivity index (χ4n) is 1.99. The normalized spacial score (nSPS) is 10.8. The van der Waals surface area contributed by atoms with Gasteiger partial charge in [-0.2, -0.15) is 0 Å². The van der Waals surface area contributed by atoms with Gasteiger partial charge in [0, 0.05) is 31.5 Å². The number of aromatic nitrogens is 3. The van der Waals surface area contributed by atoms with Crippen molar-refractivity contribution in [2.24, 2.45) is 0 Å². The quantitative estimate of drug-likeness (QED) is 0.708. The van der Waals surface area contributed by atoms with Crippen LogP contribution < -0.4 is 10.1 Å². The average molecular weight is 288 g/mol. The Balaban J connectivity index is 1.57. The van der Waals surface area contributed by atoms with Crippen LogP contribution in [0.5, 0.6) is 5.75 Å².